The normalized spacial score (nSPS) is 18.9. The molecule has 2 rings (SSSR count). The zero-order chi connectivity index (χ0) is 10.7. The second kappa shape index (κ2) is 6.49. The van der Waals surface area contributed by atoms with Crippen LogP contribution in [0.25, 0.3) is 0 Å². The summed E-state index contributed by atoms with van der Waals surface area (Å²) in [6, 6.07) is 7.54. The smallest absolute Gasteiger partial charge is 0.242 e. The minimum Gasteiger partial charge on any atom is -0.325 e. The van der Waals surface area contributed by atoms with E-state index in [9.17, 15) is 4.79 Å². The summed E-state index contributed by atoms with van der Waals surface area (Å²) in [5.41, 5.74) is 0.827. The van der Waals surface area contributed by atoms with Crippen molar-refractivity contribution in [3.8, 4) is 0 Å². The number of carbonyl (C=O) groups is 1. The molecular weight excluding hydrogens is 312 g/mol. The molecule has 1 aromatic carbocycles. The van der Waals surface area contributed by atoms with Crippen LogP contribution < -0.4 is 10.6 Å². The van der Waals surface area contributed by atoms with Gasteiger partial charge >= 0.3 is 0 Å². The van der Waals surface area contributed by atoms with Crippen molar-refractivity contribution in [1.82, 2.24) is 5.32 Å². The predicted octanol–water partition coefficient (Wildman–Crippen LogP) is 2.47. The first-order valence-corrected chi connectivity index (χ1v) is 6.58. The van der Waals surface area contributed by atoms with Gasteiger partial charge in [0.2, 0.25) is 5.91 Å². The molecule has 1 atom stereocenters. The van der Waals surface area contributed by atoms with Crippen molar-refractivity contribution in [1.29, 1.82) is 0 Å². The van der Waals surface area contributed by atoms with Crippen LogP contribution in [0.2, 0.25) is 0 Å². The van der Waals surface area contributed by atoms with Gasteiger partial charge in [-0.1, -0.05) is 22.0 Å². The Hall–Kier alpha value is -0.230. The van der Waals surface area contributed by atoms with Crippen molar-refractivity contribution in [2.45, 2.75) is 6.04 Å². The summed E-state index contributed by atoms with van der Waals surface area (Å²) in [5, 5.41) is 6.01. The lowest BCUT2D eigenvalue weighted by atomic mass is 10.3. The average molecular weight is 324 g/mol. The van der Waals surface area contributed by atoms with Crippen LogP contribution >= 0.6 is 40.1 Å². The molecule has 1 unspecified atom stereocenters. The van der Waals surface area contributed by atoms with Crippen LogP contribution in [0.15, 0.2) is 28.7 Å². The molecule has 0 aliphatic carbocycles. The Labute approximate surface area is 113 Å². The molecule has 1 aromatic rings. The van der Waals surface area contributed by atoms with Gasteiger partial charge in [0.25, 0.3) is 0 Å². The van der Waals surface area contributed by atoms with E-state index >= 15 is 0 Å². The third kappa shape index (κ3) is 3.66. The quantitative estimate of drug-likeness (QED) is 0.878. The maximum atomic E-state index is 11.7. The maximum absolute atomic E-state index is 11.7. The van der Waals surface area contributed by atoms with Gasteiger partial charge in [0.05, 0.1) is 6.04 Å². The van der Waals surface area contributed by atoms with Crippen LogP contribution in [0.3, 0.4) is 0 Å². The highest BCUT2D eigenvalue weighted by molar-refractivity contribution is 9.10. The summed E-state index contributed by atoms with van der Waals surface area (Å²) in [6.07, 6.45) is 0. The monoisotopic (exact) mass is 322 g/mol. The first-order chi connectivity index (χ1) is 7.25. The van der Waals surface area contributed by atoms with Crippen molar-refractivity contribution in [3.05, 3.63) is 28.7 Å². The Kier molecular flexibility index (Phi) is 5.61. The molecule has 0 radical (unpaired) electrons. The van der Waals surface area contributed by atoms with Crippen LogP contribution in [0, 0.1) is 0 Å². The van der Waals surface area contributed by atoms with Gasteiger partial charge in [-0.2, -0.15) is 0 Å². The summed E-state index contributed by atoms with van der Waals surface area (Å²) in [4.78, 5) is 11.7. The van der Waals surface area contributed by atoms with E-state index in [-0.39, 0.29) is 24.4 Å². The molecule has 88 valence electrons. The van der Waals surface area contributed by atoms with Gasteiger partial charge < -0.3 is 5.32 Å². The second-order valence-electron chi connectivity index (χ2n) is 3.27. The predicted molar refractivity (Wildman–Crippen MR) is 74.3 cm³/mol. The van der Waals surface area contributed by atoms with Crippen LogP contribution in [-0.2, 0) is 4.79 Å². The average Bonchev–Trinajstić information content (AvgIpc) is 2.70. The van der Waals surface area contributed by atoms with Crippen molar-refractivity contribution < 1.29 is 4.79 Å². The van der Waals surface area contributed by atoms with Crippen molar-refractivity contribution in [3.63, 3.8) is 0 Å². The molecule has 1 amide bonds. The number of carbonyl (C=O) groups excluding carboxylic acids is 1. The first-order valence-electron chi connectivity index (χ1n) is 4.63. The number of hydrogen-bond acceptors (Lipinski definition) is 3. The van der Waals surface area contributed by atoms with E-state index in [0.717, 1.165) is 21.8 Å². The standard InChI is InChI=1S/C10H11BrN2OS.ClH/c11-7-2-1-3-8(4-7)13-10(14)9-5-15-6-12-9;/h1-4,9,12H,5-6H2,(H,13,14);1H. The summed E-state index contributed by atoms with van der Waals surface area (Å²) < 4.78 is 0.967. The minimum absolute atomic E-state index is 0. The molecule has 1 aliphatic rings. The maximum Gasteiger partial charge on any atom is 0.242 e. The van der Waals surface area contributed by atoms with Crippen molar-refractivity contribution >= 4 is 51.7 Å². The molecule has 2 N–H and O–H groups in total. The molecular formula is C10H12BrClN2OS. The van der Waals surface area contributed by atoms with Gasteiger partial charge in [-0.25, -0.2) is 0 Å². The molecule has 1 saturated heterocycles. The minimum atomic E-state index is -0.0611. The van der Waals surface area contributed by atoms with Gasteiger partial charge in [0, 0.05) is 21.8 Å². The molecule has 0 aromatic heterocycles. The van der Waals surface area contributed by atoms with Gasteiger partial charge in [0.15, 0.2) is 0 Å². The zero-order valence-electron chi connectivity index (χ0n) is 8.40. The Morgan fingerprint density at radius 3 is 3.00 bits per heavy atom. The largest absolute Gasteiger partial charge is 0.325 e. The molecule has 1 fully saturated rings. The fourth-order valence-corrected chi connectivity index (χ4v) is 2.70. The molecule has 0 spiro atoms. The van der Waals surface area contributed by atoms with E-state index in [1.165, 1.54) is 0 Å². The van der Waals surface area contributed by atoms with Gasteiger partial charge in [-0.05, 0) is 18.2 Å². The summed E-state index contributed by atoms with van der Waals surface area (Å²) in [5.74, 6) is 1.74. The fourth-order valence-electron chi connectivity index (χ4n) is 1.36. The Morgan fingerprint density at radius 2 is 2.38 bits per heavy atom. The van der Waals surface area contributed by atoms with Crippen molar-refractivity contribution in [2.75, 3.05) is 16.9 Å². The number of thioether (sulfide) groups is 1. The number of hydrogen-bond donors (Lipinski definition) is 2. The van der Waals surface area contributed by atoms with Gasteiger partial charge in [0.1, 0.15) is 0 Å². The number of amides is 1. The lowest BCUT2D eigenvalue weighted by Crippen LogP contribution is -2.37. The Balaban J connectivity index is 0.00000128. The number of anilines is 1. The second-order valence-corrected chi connectivity index (χ2v) is 5.22. The van der Waals surface area contributed by atoms with Gasteiger partial charge in [-0.15, -0.1) is 24.2 Å². The lowest BCUT2D eigenvalue weighted by Gasteiger charge is -2.10. The van der Waals surface area contributed by atoms with E-state index in [2.05, 4.69) is 26.6 Å². The lowest BCUT2D eigenvalue weighted by molar-refractivity contribution is -0.117. The first kappa shape index (κ1) is 13.8. The van der Waals surface area contributed by atoms with Crippen LogP contribution in [0.4, 0.5) is 5.69 Å². The third-order valence-electron chi connectivity index (χ3n) is 2.12. The third-order valence-corrected chi connectivity index (χ3v) is 3.56. The zero-order valence-corrected chi connectivity index (χ0v) is 11.6. The highest BCUT2D eigenvalue weighted by Gasteiger charge is 2.22. The summed E-state index contributed by atoms with van der Waals surface area (Å²) >= 11 is 5.11. The highest BCUT2D eigenvalue weighted by atomic mass is 79.9. The van der Waals surface area contributed by atoms with Gasteiger partial charge in [-0.3, -0.25) is 10.1 Å². The van der Waals surface area contributed by atoms with E-state index in [1.807, 2.05) is 24.3 Å². The highest BCUT2D eigenvalue weighted by Crippen LogP contribution is 2.17. The number of halogens is 2. The molecule has 6 heteroatoms. The van der Waals surface area contributed by atoms with E-state index in [1.54, 1.807) is 11.8 Å². The molecule has 1 aliphatic heterocycles. The van der Waals surface area contributed by atoms with E-state index in [4.69, 9.17) is 0 Å². The molecule has 0 bridgehead atoms. The SMILES string of the molecule is Cl.O=C(Nc1cccc(Br)c1)C1CSCN1. The summed E-state index contributed by atoms with van der Waals surface area (Å²) in [7, 11) is 0. The van der Waals surface area contributed by atoms with E-state index in [0.29, 0.717) is 0 Å². The van der Waals surface area contributed by atoms with Crippen LogP contribution in [0.1, 0.15) is 0 Å². The fraction of sp³-hybridized carbons (Fsp3) is 0.300. The van der Waals surface area contributed by atoms with Crippen molar-refractivity contribution in [2.24, 2.45) is 0 Å². The molecule has 3 nitrogen and oxygen atoms in total. The Bertz CT molecular complexity index is 372. The number of nitrogens with one attached hydrogen (secondary N) is 2. The molecule has 0 saturated carbocycles. The topological polar surface area (TPSA) is 41.1 Å². The molecule has 16 heavy (non-hydrogen) atoms. The number of rotatable bonds is 2. The number of benzene rings is 1. The van der Waals surface area contributed by atoms with E-state index < -0.39 is 0 Å². The summed E-state index contributed by atoms with van der Waals surface area (Å²) in [6.45, 7) is 0. The molecule has 1 heterocycles. The Morgan fingerprint density at radius 1 is 1.56 bits per heavy atom. The van der Waals surface area contributed by atoms with Crippen LogP contribution in [-0.4, -0.2) is 23.6 Å². The van der Waals surface area contributed by atoms with Crippen LogP contribution in [0.5, 0.6) is 0 Å².